The molecule has 14 heteroatoms. The van der Waals surface area contributed by atoms with Crippen molar-refractivity contribution >= 4 is 41.7 Å². The molecule has 6 atom stereocenters. The molecule has 0 spiro atoms. The Morgan fingerprint density at radius 3 is 2.09 bits per heavy atom. The van der Waals surface area contributed by atoms with Crippen LogP contribution in [-0.2, 0) is 42.9 Å². The zero-order valence-corrected chi connectivity index (χ0v) is 27.5. The number of benzene rings is 1. The average Bonchev–Trinajstić information content (AvgIpc) is 3.63. The molecule has 0 radical (unpaired) electrons. The molecule has 0 saturated heterocycles. The van der Waals surface area contributed by atoms with Crippen LogP contribution >= 0.6 is 11.8 Å². The number of ether oxygens (including phenoxy) is 5. The van der Waals surface area contributed by atoms with E-state index in [4.69, 9.17) is 23.7 Å². The maximum atomic E-state index is 14.0. The van der Waals surface area contributed by atoms with Gasteiger partial charge < -0.3 is 34.1 Å². The van der Waals surface area contributed by atoms with Crippen LogP contribution in [0.25, 0.3) is 0 Å². The summed E-state index contributed by atoms with van der Waals surface area (Å²) in [6, 6.07) is 4.44. The van der Waals surface area contributed by atoms with Gasteiger partial charge in [-0.25, -0.2) is 14.0 Å². The molecule has 2 aliphatic rings. The summed E-state index contributed by atoms with van der Waals surface area (Å²) in [6.45, 7) is 11.4. The number of carbonyl (C=O) groups is 5. The second kappa shape index (κ2) is 14.4. The molecule has 0 heterocycles. The number of alkyl carbamates (subject to hydrolysis) is 1. The van der Waals surface area contributed by atoms with Gasteiger partial charge in [0.1, 0.15) is 11.4 Å². The largest absolute Gasteiger partial charge is 0.444 e. The number of amides is 1. The van der Waals surface area contributed by atoms with Gasteiger partial charge in [-0.2, -0.15) is 0 Å². The van der Waals surface area contributed by atoms with Gasteiger partial charge in [-0.3, -0.25) is 14.4 Å². The van der Waals surface area contributed by atoms with E-state index >= 15 is 0 Å². The second-order valence-corrected chi connectivity index (χ2v) is 13.9. The standard InChI is InChI=1S/C31H42FNO11S/c1-15(2)25(35)40-13-42-27(37)22-21-23(22)31(33-29(39)44-30(6,7)8,28(38)43-14-41-26(36)16(3)4)19(24(21)34)12-45-18-9-10-20(32)17(5)11-18/h9-11,15-16,19,21-24,34H,12-14H2,1-8H3,(H,33,39). The Balaban J connectivity index is 1.96. The zero-order chi connectivity index (χ0) is 33.9. The third kappa shape index (κ3) is 8.46. The first kappa shape index (κ1) is 36.1. The van der Waals surface area contributed by atoms with Gasteiger partial charge in [-0.1, -0.05) is 27.7 Å². The maximum absolute atomic E-state index is 14.0. The third-order valence-corrected chi connectivity index (χ3v) is 8.72. The number of hydrogen-bond acceptors (Lipinski definition) is 12. The van der Waals surface area contributed by atoms with Gasteiger partial charge >= 0.3 is 30.0 Å². The van der Waals surface area contributed by atoms with Gasteiger partial charge in [0.25, 0.3) is 0 Å². The summed E-state index contributed by atoms with van der Waals surface area (Å²) in [5.41, 5.74) is -2.62. The molecule has 12 nitrogen and oxygen atoms in total. The Hall–Kier alpha value is -3.39. The van der Waals surface area contributed by atoms with Crippen LogP contribution in [0.15, 0.2) is 23.1 Å². The summed E-state index contributed by atoms with van der Waals surface area (Å²) >= 11 is 1.20. The predicted molar refractivity (Wildman–Crippen MR) is 158 cm³/mol. The van der Waals surface area contributed by atoms with E-state index in [1.807, 2.05) is 0 Å². The van der Waals surface area contributed by atoms with E-state index in [9.17, 15) is 33.5 Å². The number of aliphatic hydroxyl groups is 1. The Kier molecular flexibility index (Phi) is 11.5. The fourth-order valence-electron chi connectivity index (χ4n) is 5.38. The molecule has 1 aromatic rings. The first-order chi connectivity index (χ1) is 20.9. The summed E-state index contributed by atoms with van der Waals surface area (Å²) in [7, 11) is 0. The lowest BCUT2D eigenvalue weighted by atomic mass is 9.80. The smallest absolute Gasteiger partial charge is 0.408 e. The van der Waals surface area contributed by atoms with Gasteiger partial charge in [0.15, 0.2) is 5.54 Å². The summed E-state index contributed by atoms with van der Waals surface area (Å²) in [4.78, 5) is 64.8. The van der Waals surface area contributed by atoms with E-state index in [2.05, 4.69) is 5.32 Å². The molecule has 2 saturated carbocycles. The SMILES string of the molecule is Cc1cc(SCC2C(O)C3C(C(=O)OCOC(=O)C(C)C)C3C2(NC(=O)OC(C)(C)C)C(=O)OCOC(=O)C(C)C)ccc1F. The highest BCUT2D eigenvalue weighted by molar-refractivity contribution is 7.99. The minimum absolute atomic E-state index is 0.0314. The minimum Gasteiger partial charge on any atom is -0.444 e. The van der Waals surface area contributed by atoms with Crippen LogP contribution in [0.1, 0.15) is 54.0 Å². The van der Waals surface area contributed by atoms with Gasteiger partial charge in [0.05, 0.1) is 23.9 Å². The molecule has 0 aromatic heterocycles. The number of halogens is 1. The minimum atomic E-state index is -2.03. The molecule has 45 heavy (non-hydrogen) atoms. The highest BCUT2D eigenvalue weighted by Gasteiger charge is 2.80. The maximum Gasteiger partial charge on any atom is 0.408 e. The number of hydrogen-bond donors (Lipinski definition) is 2. The van der Waals surface area contributed by atoms with E-state index in [1.54, 1.807) is 67.5 Å². The van der Waals surface area contributed by atoms with Crippen molar-refractivity contribution in [2.24, 2.45) is 35.5 Å². The lowest BCUT2D eigenvalue weighted by Gasteiger charge is -2.38. The molecular formula is C31H42FNO11S. The van der Waals surface area contributed by atoms with Crippen molar-refractivity contribution in [3.8, 4) is 0 Å². The number of carbonyl (C=O) groups excluding carboxylic acids is 5. The predicted octanol–water partition coefficient (Wildman–Crippen LogP) is 3.74. The topological polar surface area (TPSA) is 164 Å². The first-order valence-electron chi connectivity index (χ1n) is 14.7. The lowest BCUT2D eigenvalue weighted by Crippen LogP contribution is -2.63. The number of esters is 4. The van der Waals surface area contributed by atoms with Crippen molar-refractivity contribution in [1.29, 1.82) is 0 Å². The highest BCUT2D eigenvalue weighted by Crippen LogP contribution is 2.66. The monoisotopic (exact) mass is 655 g/mol. The van der Waals surface area contributed by atoms with Crippen molar-refractivity contribution in [2.75, 3.05) is 19.3 Å². The third-order valence-electron chi connectivity index (χ3n) is 7.61. The molecule has 0 aliphatic heterocycles. The zero-order valence-electron chi connectivity index (χ0n) is 26.7. The van der Waals surface area contributed by atoms with Crippen LogP contribution in [-0.4, -0.2) is 71.7 Å². The van der Waals surface area contributed by atoms with Gasteiger partial charge in [-0.15, -0.1) is 11.8 Å². The molecule has 3 rings (SSSR count). The summed E-state index contributed by atoms with van der Waals surface area (Å²) in [5, 5.41) is 14.2. The lowest BCUT2D eigenvalue weighted by molar-refractivity contribution is -0.177. The Morgan fingerprint density at radius 1 is 0.978 bits per heavy atom. The average molecular weight is 656 g/mol. The highest BCUT2D eigenvalue weighted by atomic mass is 32.2. The summed E-state index contributed by atoms with van der Waals surface area (Å²) in [5.74, 6) is -8.44. The number of rotatable bonds is 12. The van der Waals surface area contributed by atoms with Crippen LogP contribution in [0.3, 0.4) is 0 Å². The van der Waals surface area contributed by atoms with Crippen molar-refractivity contribution in [3.05, 3.63) is 29.6 Å². The van der Waals surface area contributed by atoms with Crippen LogP contribution in [0.5, 0.6) is 0 Å². The number of thioether (sulfide) groups is 1. The van der Waals surface area contributed by atoms with Gasteiger partial charge in [-0.05, 0) is 51.5 Å². The second-order valence-electron chi connectivity index (χ2n) is 12.8. The van der Waals surface area contributed by atoms with E-state index in [1.165, 1.54) is 17.8 Å². The van der Waals surface area contributed by atoms with E-state index < -0.39 is 102 Å². The molecule has 2 fully saturated rings. The molecule has 250 valence electrons. The number of fused-ring (bicyclic) bond motifs is 1. The van der Waals surface area contributed by atoms with E-state index in [-0.39, 0.29) is 5.75 Å². The fraction of sp³-hybridized carbons (Fsp3) is 0.645. The number of aryl methyl sites for hydroxylation is 1. The fourth-order valence-corrected chi connectivity index (χ4v) is 6.64. The Labute approximate surface area is 266 Å². The van der Waals surface area contributed by atoms with Crippen molar-refractivity contribution in [1.82, 2.24) is 5.32 Å². The number of nitrogens with one attached hydrogen (secondary N) is 1. The van der Waals surface area contributed by atoms with Gasteiger partial charge in [0.2, 0.25) is 13.6 Å². The summed E-state index contributed by atoms with van der Waals surface area (Å²) < 4.78 is 39.8. The van der Waals surface area contributed by atoms with Crippen molar-refractivity contribution < 1.29 is 57.2 Å². The van der Waals surface area contributed by atoms with Crippen LogP contribution in [0.4, 0.5) is 9.18 Å². The normalized spacial score (nSPS) is 25.3. The molecule has 2 N–H and O–H groups in total. The molecular weight excluding hydrogens is 613 g/mol. The number of aliphatic hydroxyl groups excluding tert-OH is 1. The Morgan fingerprint density at radius 2 is 1.56 bits per heavy atom. The van der Waals surface area contributed by atoms with Crippen LogP contribution in [0.2, 0.25) is 0 Å². The Bertz CT molecular complexity index is 1300. The molecule has 1 aromatic carbocycles. The van der Waals surface area contributed by atoms with Crippen LogP contribution < -0.4 is 5.32 Å². The van der Waals surface area contributed by atoms with Gasteiger partial charge in [0, 0.05) is 28.4 Å². The molecule has 6 unspecified atom stereocenters. The quantitative estimate of drug-likeness (QED) is 0.145. The summed E-state index contributed by atoms with van der Waals surface area (Å²) in [6.07, 6.45) is -2.33. The molecule has 1 amide bonds. The first-order valence-corrected chi connectivity index (χ1v) is 15.6. The molecule has 2 aliphatic carbocycles. The van der Waals surface area contributed by atoms with Crippen molar-refractivity contribution in [3.63, 3.8) is 0 Å². The van der Waals surface area contributed by atoms with Crippen LogP contribution in [0, 0.1) is 48.2 Å². The molecule has 0 bridgehead atoms. The van der Waals surface area contributed by atoms with E-state index in [0.29, 0.717) is 10.5 Å². The van der Waals surface area contributed by atoms with E-state index in [0.717, 1.165) is 0 Å². The van der Waals surface area contributed by atoms with Crippen molar-refractivity contribution in [2.45, 2.75) is 77.5 Å².